The molecule has 7 nitrogen and oxygen atoms in total. The second-order valence-corrected chi connectivity index (χ2v) is 8.75. The first-order valence-corrected chi connectivity index (χ1v) is 11.1. The molecule has 4 rings (SSSR count). The van der Waals surface area contributed by atoms with E-state index in [4.69, 9.17) is 4.74 Å². The molecule has 30 heavy (non-hydrogen) atoms. The number of nitrogens with zero attached hydrogens (tertiary/aromatic N) is 1. The Kier molecular flexibility index (Phi) is 5.78. The second-order valence-electron chi connectivity index (χ2n) is 7.04. The predicted molar refractivity (Wildman–Crippen MR) is 112 cm³/mol. The Bertz CT molecular complexity index is 1110. The van der Waals surface area contributed by atoms with Gasteiger partial charge in [-0.1, -0.05) is 12.1 Å². The van der Waals surface area contributed by atoms with Gasteiger partial charge in [0, 0.05) is 24.3 Å². The normalized spacial score (nSPS) is 13.6. The molecule has 3 aromatic rings. The minimum atomic E-state index is -3.47. The molecule has 0 saturated heterocycles. The van der Waals surface area contributed by atoms with E-state index in [9.17, 15) is 13.2 Å². The molecule has 1 saturated carbocycles. The van der Waals surface area contributed by atoms with Crippen LogP contribution >= 0.6 is 0 Å². The van der Waals surface area contributed by atoms with Crippen LogP contribution in [0.1, 0.15) is 28.8 Å². The number of aromatic nitrogens is 1. The lowest BCUT2D eigenvalue weighted by Crippen LogP contribution is -2.26. The average Bonchev–Trinajstić information content (AvgIpc) is 3.57. The molecule has 0 unspecified atom stereocenters. The quantitative estimate of drug-likeness (QED) is 0.580. The van der Waals surface area contributed by atoms with Gasteiger partial charge in [0.25, 0.3) is 5.91 Å². The molecule has 0 spiro atoms. The maximum Gasteiger partial charge on any atom is 0.251 e. The highest BCUT2D eigenvalue weighted by atomic mass is 32.2. The van der Waals surface area contributed by atoms with Crippen molar-refractivity contribution in [3.05, 3.63) is 84.2 Å². The Labute approximate surface area is 175 Å². The molecule has 1 amide bonds. The summed E-state index contributed by atoms with van der Waals surface area (Å²) in [5, 5.41) is 2.83. The zero-order chi connectivity index (χ0) is 21.0. The lowest BCUT2D eigenvalue weighted by Gasteiger charge is -2.09. The van der Waals surface area contributed by atoms with Gasteiger partial charge >= 0.3 is 0 Å². The third kappa shape index (κ3) is 5.22. The fourth-order valence-corrected chi connectivity index (χ4v) is 4.08. The van der Waals surface area contributed by atoms with Crippen LogP contribution < -0.4 is 14.8 Å². The van der Waals surface area contributed by atoms with Gasteiger partial charge in [0.2, 0.25) is 10.0 Å². The summed E-state index contributed by atoms with van der Waals surface area (Å²) in [7, 11) is -3.47. The highest BCUT2D eigenvalue weighted by Crippen LogP contribution is 2.22. The van der Waals surface area contributed by atoms with Gasteiger partial charge in [0.05, 0.1) is 11.1 Å². The number of hydrogen-bond acceptors (Lipinski definition) is 5. The molecule has 1 aromatic heterocycles. The highest BCUT2D eigenvalue weighted by Gasteiger charge is 2.27. The molecule has 1 heterocycles. The predicted octanol–water partition coefficient (Wildman–Crippen LogP) is 3.24. The number of benzene rings is 2. The van der Waals surface area contributed by atoms with Crippen molar-refractivity contribution in [3.8, 4) is 11.5 Å². The average molecular weight is 423 g/mol. The lowest BCUT2D eigenvalue weighted by atomic mass is 10.2. The summed E-state index contributed by atoms with van der Waals surface area (Å²) in [6.07, 6.45) is 5.05. The van der Waals surface area contributed by atoms with E-state index in [1.54, 1.807) is 73.1 Å². The molecule has 0 radical (unpaired) electrons. The molecule has 0 aliphatic heterocycles. The van der Waals surface area contributed by atoms with Crippen molar-refractivity contribution < 1.29 is 17.9 Å². The minimum absolute atomic E-state index is 0.0649. The van der Waals surface area contributed by atoms with Gasteiger partial charge in [-0.05, 0) is 66.9 Å². The molecule has 1 aliphatic rings. The van der Waals surface area contributed by atoms with Crippen LogP contribution in [0.2, 0.25) is 0 Å². The van der Waals surface area contributed by atoms with Crippen LogP contribution in [0.4, 0.5) is 0 Å². The number of sulfonamides is 1. The van der Waals surface area contributed by atoms with Gasteiger partial charge < -0.3 is 10.1 Å². The fraction of sp³-hybridized carbons (Fsp3) is 0.182. The molecule has 2 N–H and O–H groups in total. The number of rotatable bonds is 8. The van der Waals surface area contributed by atoms with Crippen LogP contribution in [0.5, 0.6) is 11.5 Å². The molecule has 1 aliphatic carbocycles. The first-order valence-electron chi connectivity index (χ1n) is 9.57. The van der Waals surface area contributed by atoms with E-state index in [2.05, 4.69) is 15.0 Å². The smallest absolute Gasteiger partial charge is 0.251 e. The van der Waals surface area contributed by atoms with E-state index < -0.39 is 10.0 Å². The molecule has 154 valence electrons. The number of carbonyl (C=O) groups is 1. The van der Waals surface area contributed by atoms with Gasteiger partial charge in [-0.15, -0.1) is 0 Å². The highest BCUT2D eigenvalue weighted by molar-refractivity contribution is 7.89. The summed E-state index contributed by atoms with van der Waals surface area (Å²) in [5.74, 6) is 0.999. The Morgan fingerprint density at radius 1 is 1.00 bits per heavy atom. The molecule has 0 atom stereocenters. The van der Waals surface area contributed by atoms with Gasteiger partial charge in [-0.2, -0.15) is 0 Å². The third-order valence-corrected chi connectivity index (χ3v) is 6.11. The minimum Gasteiger partial charge on any atom is -0.456 e. The monoisotopic (exact) mass is 423 g/mol. The van der Waals surface area contributed by atoms with Crippen molar-refractivity contribution in [3.63, 3.8) is 0 Å². The maximum absolute atomic E-state index is 12.4. The third-order valence-electron chi connectivity index (χ3n) is 4.57. The lowest BCUT2D eigenvalue weighted by molar-refractivity contribution is 0.0951. The summed E-state index contributed by atoms with van der Waals surface area (Å²) in [6.45, 7) is 0.295. The Balaban J connectivity index is 1.32. The molecule has 8 heteroatoms. The van der Waals surface area contributed by atoms with E-state index >= 15 is 0 Å². The van der Waals surface area contributed by atoms with E-state index in [-0.39, 0.29) is 16.8 Å². The fourth-order valence-electron chi connectivity index (χ4n) is 2.78. The van der Waals surface area contributed by atoms with Crippen molar-refractivity contribution in [1.82, 2.24) is 15.0 Å². The summed E-state index contributed by atoms with van der Waals surface area (Å²) in [4.78, 5) is 16.6. The SMILES string of the molecule is O=C(NCc1ccc(S(=O)(=O)NC2CC2)cc1)c1ccc(Oc2cccnc2)cc1. The van der Waals surface area contributed by atoms with Crippen LogP contribution in [0, 0.1) is 0 Å². The Morgan fingerprint density at radius 2 is 1.73 bits per heavy atom. The zero-order valence-corrected chi connectivity index (χ0v) is 16.9. The molecular formula is C22H21N3O4S. The molecule has 2 aromatic carbocycles. The second kappa shape index (κ2) is 8.64. The molecule has 0 bridgehead atoms. The van der Waals surface area contributed by atoms with Gasteiger partial charge in [0.1, 0.15) is 11.5 Å². The first-order chi connectivity index (χ1) is 14.5. The van der Waals surface area contributed by atoms with Crippen molar-refractivity contribution in [2.24, 2.45) is 0 Å². The van der Waals surface area contributed by atoms with Gasteiger partial charge in [-0.25, -0.2) is 13.1 Å². The Morgan fingerprint density at radius 3 is 2.37 bits per heavy atom. The maximum atomic E-state index is 12.4. The van der Waals surface area contributed by atoms with Crippen LogP contribution in [0.3, 0.4) is 0 Å². The summed E-state index contributed by atoms with van der Waals surface area (Å²) >= 11 is 0. The number of carbonyl (C=O) groups excluding carboxylic acids is 1. The molecular weight excluding hydrogens is 402 g/mol. The van der Waals surface area contributed by atoms with E-state index in [1.807, 2.05) is 0 Å². The van der Waals surface area contributed by atoms with Crippen molar-refractivity contribution in [1.29, 1.82) is 0 Å². The summed E-state index contributed by atoms with van der Waals surface area (Å²) in [6, 6.07) is 16.9. The summed E-state index contributed by atoms with van der Waals surface area (Å²) in [5.41, 5.74) is 1.31. The van der Waals surface area contributed by atoms with Crippen molar-refractivity contribution >= 4 is 15.9 Å². The van der Waals surface area contributed by atoms with Crippen LogP contribution in [-0.4, -0.2) is 25.4 Å². The van der Waals surface area contributed by atoms with Crippen LogP contribution in [0.25, 0.3) is 0 Å². The first kappa shape index (κ1) is 20.1. The number of ether oxygens (including phenoxy) is 1. The van der Waals surface area contributed by atoms with Crippen LogP contribution in [0.15, 0.2) is 78.0 Å². The Hall–Kier alpha value is -3.23. The number of hydrogen-bond donors (Lipinski definition) is 2. The standard InChI is InChI=1S/C22H21N3O4S/c26-22(17-5-9-19(10-6-17)29-20-2-1-13-23-15-20)24-14-16-3-11-21(12-4-16)30(27,28)25-18-7-8-18/h1-6,9-13,15,18,25H,7-8,14H2,(H,24,26). The number of amides is 1. The summed E-state index contributed by atoms with van der Waals surface area (Å²) < 4.78 is 32.7. The van der Waals surface area contributed by atoms with Crippen LogP contribution in [-0.2, 0) is 16.6 Å². The van der Waals surface area contributed by atoms with E-state index in [0.717, 1.165) is 18.4 Å². The topological polar surface area (TPSA) is 97.4 Å². The number of nitrogens with one attached hydrogen (secondary N) is 2. The van der Waals surface area contributed by atoms with E-state index in [0.29, 0.717) is 23.6 Å². The number of pyridine rings is 1. The molecule has 1 fully saturated rings. The van der Waals surface area contributed by atoms with E-state index in [1.165, 1.54) is 0 Å². The zero-order valence-electron chi connectivity index (χ0n) is 16.1. The van der Waals surface area contributed by atoms with Gasteiger partial charge in [0.15, 0.2) is 0 Å². The van der Waals surface area contributed by atoms with Crippen molar-refractivity contribution in [2.45, 2.75) is 30.3 Å². The van der Waals surface area contributed by atoms with Crippen molar-refractivity contribution in [2.75, 3.05) is 0 Å². The largest absolute Gasteiger partial charge is 0.456 e. The van der Waals surface area contributed by atoms with Gasteiger partial charge in [-0.3, -0.25) is 9.78 Å².